The van der Waals surface area contributed by atoms with Gasteiger partial charge in [0, 0.05) is 6.20 Å². The third-order valence-electron chi connectivity index (χ3n) is 1.93. The number of hydroxylamine groups is 1. The highest BCUT2D eigenvalue weighted by atomic mass is 16.7. The normalized spacial score (nSPS) is 9.81. The van der Waals surface area contributed by atoms with Crippen molar-refractivity contribution in [2.75, 3.05) is 0 Å². The maximum absolute atomic E-state index is 11.5. The van der Waals surface area contributed by atoms with Gasteiger partial charge in [0.05, 0.1) is 5.69 Å². The number of hydrogen-bond donors (Lipinski definition) is 1. The van der Waals surface area contributed by atoms with E-state index >= 15 is 0 Å². The molecule has 1 aromatic carbocycles. The molecule has 0 bridgehead atoms. The van der Waals surface area contributed by atoms with Crippen LogP contribution >= 0.6 is 0 Å². The number of carbonyl (C=O) groups is 1. The lowest BCUT2D eigenvalue weighted by molar-refractivity contribution is 0.176. The van der Waals surface area contributed by atoms with Crippen molar-refractivity contribution >= 4 is 6.03 Å². The molecule has 0 saturated heterocycles. The molecule has 0 aliphatic heterocycles. The van der Waals surface area contributed by atoms with Crippen LogP contribution < -0.4 is 10.3 Å². The molecule has 5 nitrogen and oxygen atoms in total. The number of hydrogen-bond acceptors (Lipinski definition) is 3. The summed E-state index contributed by atoms with van der Waals surface area (Å²) in [6.45, 7) is 1.81. The first-order valence-electron chi connectivity index (χ1n) is 4.80. The van der Waals surface area contributed by atoms with Crippen LogP contribution in [0.3, 0.4) is 0 Å². The number of aryl methyl sites for hydroxylation is 1. The number of benzene rings is 1. The monoisotopic (exact) mass is 217 g/mol. The second-order valence-corrected chi connectivity index (χ2v) is 3.22. The zero-order chi connectivity index (χ0) is 11.4. The van der Waals surface area contributed by atoms with Crippen molar-refractivity contribution in [1.82, 2.24) is 15.3 Å². The van der Waals surface area contributed by atoms with Crippen molar-refractivity contribution in [3.8, 4) is 5.75 Å². The molecule has 1 aromatic heterocycles. The molecule has 16 heavy (non-hydrogen) atoms. The maximum Gasteiger partial charge on any atom is 0.375 e. The highest BCUT2D eigenvalue weighted by Gasteiger charge is 2.05. The molecule has 1 heterocycles. The Morgan fingerprint density at radius 2 is 2.06 bits per heavy atom. The van der Waals surface area contributed by atoms with Gasteiger partial charge in [0.2, 0.25) is 0 Å². The fraction of sp³-hybridized carbons (Fsp3) is 0.0909. The number of amides is 1. The van der Waals surface area contributed by atoms with Crippen LogP contribution in [-0.4, -0.2) is 15.8 Å². The van der Waals surface area contributed by atoms with Gasteiger partial charge in [-0.25, -0.2) is 4.79 Å². The summed E-state index contributed by atoms with van der Waals surface area (Å²) in [6.07, 6.45) is 1.57. The summed E-state index contributed by atoms with van der Waals surface area (Å²) >= 11 is 0. The predicted octanol–water partition coefficient (Wildman–Crippen LogP) is 1.74. The van der Waals surface area contributed by atoms with Crippen molar-refractivity contribution in [1.29, 1.82) is 0 Å². The number of nitrogens with one attached hydrogen (secondary N) is 1. The molecular weight excluding hydrogens is 206 g/mol. The molecule has 82 valence electrons. The van der Waals surface area contributed by atoms with Crippen LogP contribution in [0, 0.1) is 6.92 Å². The second kappa shape index (κ2) is 4.48. The van der Waals surface area contributed by atoms with Crippen LogP contribution in [-0.2, 0) is 0 Å². The topological polar surface area (TPSA) is 56.2 Å². The fourth-order valence-corrected chi connectivity index (χ4v) is 1.17. The van der Waals surface area contributed by atoms with Gasteiger partial charge >= 0.3 is 6.03 Å². The van der Waals surface area contributed by atoms with Crippen LogP contribution in [0.2, 0.25) is 0 Å². The molecule has 0 aliphatic carbocycles. The van der Waals surface area contributed by atoms with Crippen LogP contribution in [0.5, 0.6) is 5.75 Å². The summed E-state index contributed by atoms with van der Waals surface area (Å²) in [7, 11) is 0. The molecule has 2 rings (SSSR count). The van der Waals surface area contributed by atoms with Crippen LogP contribution in [0.25, 0.3) is 0 Å². The summed E-state index contributed by atoms with van der Waals surface area (Å²) in [6, 6.07) is 10.3. The van der Waals surface area contributed by atoms with Gasteiger partial charge in [0.25, 0.3) is 0 Å². The summed E-state index contributed by atoms with van der Waals surface area (Å²) in [4.78, 5) is 16.6. The zero-order valence-electron chi connectivity index (χ0n) is 8.75. The lowest BCUT2D eigenvalue weighted by Crippen LogP contribution is -2.31. The molecule has 0 unspecified atom stereocenters. The molecule has 2 aromatic rings. The molecule has 0 atom stereocenters. The van der Waals surface area contributed by atoms with Gasteiger partial charge in [-0.05, 0) is 25.1 Å². The smallest absolute Gasteiger partial charge is 0.375 e. The van der Waals surface area contributed by atoms with Crippen molar-refractivity contribution in [2.24, 2.45) is 0 Å². The van der Waals surface area contributed by atoms with Gasteiger partial charge in [-0.3, -0.25) is 0 Å². The van der Waals surface area contributed by atoms with Gasteiger partial charge in [0.15, 0.2) is 5.75 Å². The summed E-state index contributed by atoms with van der Waals surface area (Å²) < 4.78 is 1.18. The third-order valence-corrected chi connectivity index (χ3v) is 1.93. The number of para-hydroxylation sites is 1. The maximum atomic E-state index is 11.5. The predicted molar refractivity (Wildman–Crippen MR) is 58.0 cm³/mol. The Kier molecular flexibility index (Phi) is 2.86. The quantitative estimate of drug-likeness (QED) is 0.779. The fourth-order valence-electron chi connectivity index (χ4n) is 1.17. The van der Waals surface area contributed by atoms with Crippen LogP contribution in [0.1, 0.15) is 5.69 Å². The molecule has 0 spiro atoms. The Morgan fingerprint density at radius 3 is 2.69 bits per heavy atom. The molecule has 0 saturated carbocycles. The molecule has 0 aliphatic rings. The van der Waals surface area contributed by atoms with Crippen molar-refractivity contribution < 1.29 is 9.63 Å². The largest absolute Gasteiger partial charge is 0.378 e. The SMILES string of the molecule is Cc1ccn(C(=O)NOc2ccccc2)n1. The number of carbonyl (C=O) groups excluding carboxylic acids is 1. The third kappa shape index (κ3) is 2.38. The molecule has 5 heteroatoms. The first-order chi connectivity index (χ1) is 7.75. The Balaban J connectivity index is 1.94. The van der Waals surface area contributed by atoms with E-state index in [4.69, 9.17) is 4.84 Å². The van der Waals surface area contributed by atoms with E-state index in [1.54, 1.807) is 24.4 Å². The van der Waals surface area contributed by atoms with E-state index in [-0.39, 0.29) is 0 Å². The molecule has 1 N–H and O–H groups in total. The molecule has 0 fully saturated rings. The van der Waals surface area contributed by atoms with Crippen molar-refractivity contribution in [2.45, 2.75) is 6.92 Å². The standard InChI is InChI=1S/C11H11N3O2/c1-9-7-8-14(12-9)11(15)13-16-10-5-3-2-4-6-10/h2-8H,1H3,(H,13,15). The van der Waals surface area contributed by atoms with Gasteiger partial charge in [-0.1, -0.05) is 18.2 Å². The average molecular weight is 217 g/mol. The molecule has 1 amide bonds. The zero-order valence-corrected chi connectivity index (χ0v) is 8.75. The van der Waals surface area contributed by atoms with Gasteiger partial charge in [-0.15, -0.1) is 0 Å². The van der Waals surface area contributed by atoms with E-state index in [0.29, 0.717) is 5.75 Å². The van der Waals surface area contributed by atoms with Crippen LogP contribution in [0.15, 0.2) is 42.6 Å². The first kappa shape index (κ1) is 10.2. The van der Waals surface area contributed by atoms with Crippen molar-refractivity contribution in [3.63, 3.8) is 0 Å². The summed E-state index contributed by atoms with van der Waals surface area (Å²) in [5.41, 5.74) is 3.06. The lowest BCUT2D eigenvalue weighted by Gasteiger charge is -2.05. The number of nitrogens with zero attached hydrogens (tertiary/aromatic N) is 2. The van der Waals surface area contributed by atoms with Gasteiger partial charge in [-0.2, -0.15) is 15.3 Å². The number of rotatable bonds is 2. The average Bonchev–Trinajstić information content (AvgIpc) is 2.74. The van der Waals surface area contributed by atoms with Gasteiger partial charge in [0.1, 0.15) is 0 Å². The highest BCUT2D eigenvalue weighted by molar-refractivity contribution is 5.74. The van der Waals surface area contributed by atoms with Gasteiger partial charge < -0.3 is 4.84 Å². The molecule has 0 radical (unpaired) electrons. The minimum atomic E-state index is -0.433. The minimum Gasteiger partial charge on any atom is -0.378 e. The lowest BCUT2D eigenvalue weighted by atomic mass is 10.3. The Hall–Kier alpha value is -2.30. The van der Waals surface area contributed by atoms with Crippen LogP contribution in [0.4, 0.5) is 4.79 Å². The van der Waals surface area contributed by atoms with E-state index in [0.717, 1.165) is 5.69 Å². The molecular formula is C11H11N3O2. The summed E-state index contributed by atoms with van der Waals surface area (Å²) in [5, 5.41) is 3.95. The Labute approximate surface area is 92.6 Å². The number of aromatic nitrogens is 2. The Bertz CT molecular complexity index is 479. The first-order valence-corrected chi connectivity index (χ1v) is 4.80. The van der Waals surface area contributed by atoms with E-state index < -0.39 is 6.03 Å². The van der Waals surface area contributed by atoms with Crippen molar-refractivity contribution in [3.05, 3.63) is 48.3 Å². The minimum absolute atomic E-state index is 0.433. The Morgan fingerprint density at radius 1 is 1.31 bits per heavy atom. The van der Waals surface area contributed by atoms with E-state index in [1.807, 2.05) is 25.1 Å². The highest BCUT2D eigenvalue weighted by Crippen LogP contribution is 2.06. The van der Waals surface area contributed by atoms with E-state index in [1.165, 1.54) is 4.68 Å². The summed E-state index contributed by atoms with van der Waals surface area (Å²) in [5.74, 6) is 0.569. The second-order valence-electron chi connectivity index (χ2n) is 3.22. The van der Waals surface area contributed by atoms with E-state index in [9.17, 15) is 4.79 Å². The van der Waals surface area contributed by atoms with E-state index in [2.05, 4.69) is 10.6 Å².